The van der Waals surface area contributed by atoms with Gasteiger partial charge in [0.1, 0.15) is 11.4 Å². The molecular formula is C23H31N5O3S. The summed E-state index contributed by atoms with van der Waals surface area (Å²) in [5.41, 5.74) is 2.27. The van der Waals surface area contributed by atoms with Gasteiger partial charge in [-0.1, -0.05) is 11.3 Å². The third-order valence-electron chi connectivity index (χ3n) is 5.59. The average molecular weight is 458 g/mol. The number of fused-ring (bicyclic) bond motifs is 1. The lowest BCUT2D eigenvalue weighted by molar-refractivity contribution is 0.0376. The number of aromatic nitrogens is 3. The quantitative estimate of drug-likeness (QED) is 0.513. The standard InChI is InChI=1S/C23H31N5O3S/c1-16(2)28-20(14-17(3)25-28)22(29)27(9-5-8-26-10-12-31-13-11-26)23-24-19-15-18(30-4)6-7-21(19)32-23/h6-7,14-16H,5,8-13H2,1-4H3. The molecular weight excluding hydrogens is 426 g/mol. The summed E-state index contributed by atoms with van der Waals surface area (Å²) in [6.07, 6.45) is 0.861. The van der Waals surface area contributed by atoms with Gasteiger partial charge in [0.2, 0.25) is 0 Å². The zero-order chi connectivity index (χ0) is 22.7. The molecule has 3 heterocycles. The van der Waals surface area contributed by atoms with Crippen LogP contribution in [0, 0.1) is 6.92 Å². The van der Waals surface area contributed by atoms with Crippen LogP contribution in [0.2, 0.25) is 0 Å². The van der Waals surface area contributed by atoms with Crippen LogP contribution in [0.5, 0.6) is 5.75 Å². The van der Waals surface area contributed by atoms with Gasteiger partial charge in [-0.15, -0.1) is 0 Å². The molecule has 0 radical (unpaired) electrons. The molecule has 32 heavy (non-hydrogen) atoms. The maximum atomic E-state index is 13.7. The zero-order valence-corrected chi connectivity index (χ0v) is 20.0. The van der Waals surface area contributed by atoms with Gasteiger partial charge < -0.3 is 9.47 Å². The molecule has 0 aliphatic carbocycles. The third kappa shape index (κ3) is 4.95. The molecule has 0 spiro atoms. The summed E-state index contributed by atoms with van der Waals surface area (Å²) in [5.74, 6) is 0.695. The Labute approximate surface area is 192 Å². The first kappa shape index (κ1) is 22.7. The second kappa shape index (κ2) is 9.97. The van der Waals surface area contributed by atoms with E-state index in [1.165, 1.54) is 11.3 Å². The second-order valence-electron chi connectivity index (χ2n) is 8.30. The maximum Gasteiger partial charge on any atom is 0.278 e. The number of hydrogen-bond acceptors (Lipinski definition) is 7. The summed E-state index contributed by atoms with van der Waals surface area (Å²) in [6.45, 7) is 10.9. The predicted octanol–water partition coefficient (Wildman–Crippen LogP) is 3.76. The highest BCUT2D eigenvalue weighted by atomic mass is 32.1. The largest absolute Gasteiger partial charge is 0.497 e. The van der Waals surface area contributed by atoms with Crippen molar-refractivity contribution in [3.63, 3.8) is 0 Å². The van der Waals surface area contributed by atoms with Gasteiger partial charge in [0.15, 0.2) is 5.13 Å². The van der Waals surface area contributed by atoms with E-state index in [9.17, 15) is 4.79 Å². The number of amides is 1. The van der Waals surface area contributed by atoms with Crippen molar-refractivity contribution in [1.29, 1.82) is 0 Å². The molecule has 2 aromatic heterocycles. The summed E-state index contributed by atoms with van der Waals surface area (Å²) < 4.78 is 13.6. The molecule has 9 heteroatoms. The molecule has 0 N–H and O–H groups in total. The van der Waals surface area contributed by atoms with Gasteiger partial charge in [0, 0.05) is 38.3 Å². The number of benzene rings is 1. The van der Waals surface area contributed by atoms with Crippen LogP contribution in [-0.4, -0.2) is 72.1 Å². The number of anilines is 1. The molecule has 172 valence electrons. The Morgan fingerprint density at radius 1 is 1.28 bits per heavy atom. The van der Waals surface area contributed by atoms with Crippen LogP contribution in [0.4, 0.5) is 5.13 Å². The first-order valence-electron chi connectivity index (χ1n) is 11.1. The van der Waals surface area contributed by atoms with Crippen molar-refractivity contribution in [2.45, 2.75) is 33.2 Å². The fourth-order valence-corrected chi connectivity index (χ4v) is 4.88. The number of hydrogen-bond donors (Lipinski definition) is 0. The highest BCUT2D eigenvalue weighted by Gasteiger charge is 2.26. The Hall–Kier alpha value is -2.49. The van der Waals surface area contributed by atoms with Gasteiger partial charge in [-0.05, 0) is 45.4 Å². The van der Waals surface area contributed by atoms with E-state index in [0.717, 1.165) is 60.9 Å². The van der Waals surface area contributed by atoms with Crippen LogP contribution in [0.25, 0.3) is 10.2 Å². The van der Waals surface area contributed by atoms with Crippen molar-refractivity contribution in [3.8, 4) is 5.75 Å². The lowest BCUT2D eigenvalue weighted by atomic mass is 10.2. The van der Waals surface area contributed by atoms with E-state index in [-0.39, 0.29) is 11.9 Å². The Balaban J connectivity index is 1.62. The Bertz CT molecular complexity index is 1070. The minimum Gasteiger partial charge on any atom is -0.497 e. The lowest BCUT2D eigenvalue weighted by Gasteiger charge is -2.28. The van der Waals surface area contributed by atoms with E-state index in [2.05, 4.69) is 10.00 Å². The second-order valence-corrected chi connectivity index (χ2v) is 9.31. The molecule has 0 saturated carbocycles. The van der Waals surface area contributed by atoms with Gasteiger partial charge in [0.25, 0.3) is 5.91 Å². The minimum absolute atomic E-state index is 0.0627. The number of methoxy groups -OCH3 is 1. The molecule has 1 amide bonds. The van der Waals surface area contributed by atoms with E-state index >= 15 is 0 Å². The van der Waals surface area contributed by atoms with Gasteiger partial charge in [-0.25, -0.2) is 4.98 Å². The van der Waals surface area contributed by atoms with Gasteiger partial charge >= 0.3 is 0 Å². The van der Waals surface area contributed by atoms with Crippen molar-refractivity contribution in [1.82, 2.24) is 19.7 Å². The molecule has 1 aromatic carbocycles. The Morgan fingerprint density at radius 3 is 2.78 bits per heavy atom. The first-order valence-corrected chi connectivity index (χ1v) is 11.9. The topological polar surface area (TPSA) is 72.7 Å². The number of nitrogens with zero attached hydrogens (tertiary/aromatic N) is 5. The summed E-state index contributed by atoms with van der Waals surface area (Å²) in [7, 11) is 1.64. The number of ether oxygens (including phenoxy) is 2. The van der Waals surface area contributed by atoms with Gasteiger partial charge in [-0.2, -0.15) is 5.10 Å². The first-order chi connectivity index (χ1) is 15.5. The molecule has 1 aliphatic rings. The number of carbonyl (C=O) groups is 1. The normalized spacial score (nSPS) is 14.9. The fourth-order valence-electron chi connectivity index (χ4n) is 3.91. The Morgan fingerprint density at radius 2 is 2.06 bits per heavy atom. The van der Waals surface area contributed by atoms with Crippen molar-refractivity contribution in [2.75, 3.05) is 51.4 Å². The van der Waals surface area contributed by atoms with Crippen molar-refractivity contribution in [3.05, 3.63) is 35.7 Å². The van der Waals surface area contributed by atoms with Crippen molar-refractivity contribution >= 4 is 32.6 Å². The molecule has 3 aromatic rings. The third-order valence-corrected chi connectivity index (χ3v) is 6.64. The van der Waals surface area contributed by atoms with Gasteiger partial charge in [-0.3, -0.25) is 19.3 Å². The fraction of sp³-hybridized carbons (Fsp3) is 0.522. The molecule has 1 saturated heterocycles. The van der Waals surface area contributed by atoms with E-state index in [1.807, 2.05) is 54.6 Å². The zero-order valence-electron chi connectivity index (χ0n) is 19.2. The highest BCUT2D eigenvalue weighted by Crippen LogP contribution is 2.32. The average Bonchev–Trinajstić information content (AvgIpc) is 3.40. The summed E-state index contributed by atoms with van der Waals surface area (Å²) in [5, 5.41) is 5.24. The van der Waals surface area contributed by atoms with Crippen molar-refractivity contribution in [2.24, 2.45) is 0 Å². The van der Waals surface area contributed by atoms with E-state index in [1.54, 1.807) is 7.11 Å². The number of aryl methyl sites for hydroxylation is 1. The highest BCUT2D eigenvalue weighted by molar-refractivity contribution is 7.22. The molecule has 0 unspecified atom stereocenters. The monoisotopic (exact) mass is 457 g/mol. The number of morpholine rings is 1. The van der Waals surface area contributed by atoms with Crippen LogP contribution in [0.3, 0.4) is 0 Å². The number of rotatable bonds is 8. The van der Waals surface area contributed by atoms with Crippen LogP contribution < -0.4 is 9.64 Å². The van der Waals surface area contributed by atoms with E-state index in [0.29, 0.717) is 17.4 Å². The molecule has 1 fully saturated rings. The molecule has 0 bridgehead atoms. The predicted molar refractivity (Wildman–Crippen MR) is 127 cm³/mol. The lowest BCUT2D eigenvalue weighted by Crippen LogP contribution is -2.39. The smallest absolute Gasteiger partial charge is 0.278 e. The van der Waals surface area contributed by atoms with Gasteiger partial charge in [0.05, 0.1) is 36.2 Å². The van der Waals surface area contributed by atoms with Crippen LogP contribution in [-0.2, 0) is 4.74 Å². The van der Waals surface area contributed by atoms with Crippen molar-refractivity contribution < 1.29 is 14.3 Å². The molecule has 0 atom stereocenters. The maximum absolute atomic E-state index is 13.7. The SMILES string of the molecule is COc1ccc2sc(N(CCCN3CCOCC3)C(=O)c3cc(C)nn3C(C)C)nc2c1. The molecule has 1 aliphatic heterocycles. The summed E-state index contributed by atoms with van der Waals surface area (Å²) in [6, 6.07) is 7.79. The van der Waals surface area contributed by atoms with E-state index < -0.39 is 0 Å². The number of carbonyl (C=O) groups excluding carboxylic acids is 1. The van der Waals surface area contributed by atoms with Crippen LogP contribution in [0.15, 0.2) is 24.3 Å². The van der Waals surface area contributed by atoms with Crippen LogP contribution >= 0.6 is 11.3 Å². The van der Waals surface area contributed by atoms with Crippen LogP contribution in [0.1, 0.15) is 42.5 Å². The summed E-state index contributed by atoms with van der Waals surface area (Å²) in [4.78, 5) is 22.7. The number of thiazole rings is 1. The minimum atomic E-state index is -0.0627. The summed E-state index contributed by atoms with van der Waals surface area (Å²) >= 11 is 1.53. The molecule has 8 nitrogen and oxygen atoms in total. The van der Waals surface area contributed by atoms with E-state index in [4.69, 9.17) is 14.5 Å². The molecule has 4 rings (SSSR count). The Kier molecular flexibility index (Phi) is 7.07.